The zero-order valence-corrected chi connectivity index (χ0v) is 19.4. The first kappa shape index (κ1) is 22.2. The number of ether oxygens (including phenoxy) is 1. The third-order valence-electron chi connectivity index (χ3n) is 6.20. The number of nitrogens with one attached hydrogen (secondary N) is 1. The van der Waals surface area contributed by atoms with Gasteiger partial charge in [0, 0.05) is 24.8 Å². The average Bonchev–Trinajstić information content (AvgIpc) is 3.53. The molecule has 1 aliphatic rings. The molecule has 7 heteroatoms. The molecule has 5 rings (SSSR count). The number of carbonyl (C=O) groups excluding carboxylic acids is 1. The molecule has 0 bridgehead atoms. The standard InChI is InChI=1S/C28H25N5O2/c1-32-19-30-18-27(32)33-14-6-11-25(33)20-12-13-22(17-29)26(16-20)35-24-10-5-7-21(15-24)28(34)31-23-8-3-2-4-9-23/h2-5,7-10,12-13,15-16,18-19,25H,6,11,14H2,1H3,(H,31,34). The maximum Gasteiger partial charge on any atom is 0.255 e. The Bertz CT molecular complexity index is 1390. The monoisotopic (exact) mass is 463 g/mol. The van der Waals surface area contributed by atoms with Crippen LogP contribution >= 0.6 is 0 Å². The molecule has 1 atom stereocenters. The molecule has 1 saturated heterocycles. The van der Waals surface area contributed by atoms with E-state index in [1.165, 1.54) is 0 Å². The van der Waals surface area contributed by atoms with E-state index in [2.05, 4.69) is 21.3 Å². The van der Waals surface area contributed by atoms with E-state index in [4.69, 9.17) is 4.74 Å². The Morgan fingerprint density at radius 3 is 2.74 bits per heavy atom. The molecule has 0 radical (unpaired) electrons. The van der Waals surface area contributed by atoms with Gasteiger partial charge in [-0.2, -0.15) is 5.26 Å². The third kappa shape index (κ3) is 4.73. The van der Waals surface area contributed by atoms with Crippen molar-refractivity contribution in [3.8, 4) is 17.6 Å². The maximum absolute atomic E-state index is 12.7. The molecular weight excluding hydrogens is 438 g/mol. The van der Waals surface area contributed by atoms with Crippen molar-refractivity contribution in [2.45, 2.75) is 18.9 Å². The van der Waals surface area contributed by atoms with Crippen LogP contribution in [0.2, 0.25) is 0 Å². The number of hydrogen-bond acceptors (Lipinski definition) is 5. The summed E-state index contributed by atoms with van der Waals surface area (Å²) < 4.78 is 8.17. The minimum Gasteiger partial charge on any atom is -0.456 e. The number of imidazole rings is 1. The second-order valence-electron chi connectivity index (χ2n) is 8.53. The van der Waals surface area contributed by atoms with Gasteiger partial charge in [0.05, 0.1) is 24.1 Å². The van der Waals surface area contributed by atoms with E-state index in [9.17, 15) is 10.1 Å². The Hall–Kier alpha value is -4.57. The molecule has 1 unspecified atom stereocenters. The van der Waals surface area contributed by atoms with E-state index >= 15 is 0 Å². The molecule has 0 saturated carbocycles. The normalized spacial score (nSPS) is 15.0. The van der Waals surface area contributed by atoms with Gasteiger partial charge in [0.1, 0.15) is 23.4 Å². The number of rotatable bonds is 6. The van der Waals surface area contributed by atoms with Crippen LogP contribution in [-0.2, 0) is 7.05 Å². The second-order valence-corrected chi connectivity index (χ2v) is 8.53. The maximum atomic E-state index is 12.7. The largest absolute Gasteiger partial charge is 0.456 e. The highest BCUT2D eigenvalue weighted by Gasteiger charge is 2.28. The average molecular weight is 464 g/mol. The van der Waals surface area contributed by atoms with Gasteiger partial charge in [-0.15, -0.1) is 0 Å². The number of carbonyl (C=O) groups is 1. The summed E-state index contributed by atoms with van der Waals surface area (Å²) in [6.07, 6.45) is 5.76. The highest BCUT2D eigenvalue weighted by molar-refractivity contribution is 6.04. The van der Waals surface area contributed by atoms with E-state index in [1.807, 2.05) is 60.3 Å². The van der Waals surface area contributed by atoms with Gasteiger partial charge in [0.2, 0.25) is 0 Å². The highest BCUT2D eigenvalue weighted by atomic mass is 16.5. The van der Waals surface area contributed by atoms with Crippen LogP contribution in [0.1, 0.15) is 40.4 Å². The predicted molar refractivity (Wildman–Crippen MR) is 135 cm³/mol. The molecule has 1 aromatic heterocycles. The van der Waals surface area contributed by atoms with Gasteiger partial charge in [-0.1, -0.05) is 30.3 Å². The Labute approximate surface area is 204 Å². The summed E-state index contributed by atoms with van der Waals surface area (Å²) in [5, 5.41) is 12.6. The summed E-state index contributed by atoms with van der Waals surface area (Å²) in [6.45, 7) is 0.943. The second kappa shape index (κ2) is 9.74. The molecule has 1 amide bonds. The number of anilines is 2. The van der Waals surface area contributed by atoms with Crippen LogP contribution in [0.15, 0.2) is 85.3 Å². The van der Waals surface area contributed by atoms with Crippen LogP contribution < -0.4 is 15.0 Å². The lowest BCUT2D eigenvalue weighted by Gasteiger charge is -2.27. The predicted octanol–water partition coefficient (Wildman–Crippen LogP) is 5.68. The molecule has 0 aliphatic carbocycles. The van der Waals surface area contributed by atoms with Crippen LogP contribution in [-0.4, -0.2) is 22.0 Å². The fraction of sp³-hybridized carbons (Fsp3) is 0.179. The summed E-state index contributed by atoms with van der Waals surface area (Å²) in [6, 6.07) is 24.4. The fourth-order valence-electron chi connectivity index (χ4n) is 4.49. The SMILES string of the molecule is Cn1cncc1N1CCCC1c1ccc(C#N)c(Oc2cccc(C(=O)Nc3ccccc3)c2)c1. The first-order valence-corrected chi connectivity index (χ1v) is 11.5. The van der Waals surface area contributed by atoms with Gasteiger partial charge < -0.3 is 19.5 Å². The van der Waals surface area contributed by atoms with Crippen LogP contribution in [0.5, 0.6) is 11.5 Å². The molecule has 7 nitrogen and oxygen atoms in total. The lowest BCUT2D eigenvalue weighted by Crippen LogP contribution is -2.24. The molecule has 1 N–H and O–H groups in total. The first-order valence-electron chi connectivity index (χ1n) is 11.5. The van der Waals surface area contributed by atoms with Crippen molar-refractivity contribution in [3.63, 3.8) is 0 Å². The first-order chi connectivity index (χ1) is 17.1. The Morgan fingerprint density at radius 2 is 1.97 bits per heavy atom. The Kier molecular flexibility index (Phi) is 6.18. The summed E-state index contributed by atoms with van der Waals surface area (Å²) in [5.74, 6) is 1.81. The zero-order valence-electron chi connectivity index (χ0n) is 19.4. The molecule has 174 valence electrons. The van der Waals surface area contributed by atoms with Crippen molar-refractivity contribution < 1.29 is 9.53 Å². The minimum absolute atomic E-state index is 0.170. The summed E-state index contributed by atoms with van der Waals surface area (Å²) in [4.78, 5) is 19.3. The number of aryl methyl sites for hydroxylation is 1. The van der Waals surface area contributed by atoms with Crippen LogP contribution in [0.3, 0.4) is 0 Å². The molecular formula is C28H25N5O2. The van der Waals surface area contributed by atoms with Gasteiger partial charge in [-0.25, -0.2) is 4.98 Å². The summed E-state index contributed by atoms with van der Waals surface area (Å²) in [7, 11) is 1.99. The van der Waals surface area contributed by atoms with Crippen molar-refractivity contribution in [3.05, 3.63) is 102 Å². The van der Waals surface area contributed by atoms with Gasteiger partial charge in [-0.05, 0) is 60.9 Å². The fourth-order valence-corrected chi connectivity index (χ4v) is 4.49. The number of amides is 1. The van der Waals surface area contributed by atoms with Crippen molar-refractivity contribution in [2.75, 3.05) is 16.8 Å². The van der Waals surface area contributed by atoms with E-state index in [0.29, 0.717) is 22.6 Å². The molecule has 3 aromatic carbocycles. The van der Waals surface area contributed by atoms with Gasteiger partial charge in [-0.3, -0.25) is 4.79 Å². The molecule has 1 fully saturated rings. The highest BCUT2D eigenvalue weighted by Crippen LogP contribution is 2.38. The van der Waals surface area contributed by atoms with E-state index in [0.717, 1.165) is 36.5 Å². The lowest BCUT2D eigenvalue weighted by molar-refractivity contribution is 0.102. The molecule has 35 heavy (non-hydrogen) atoms. The van der Waals surface area contributed by atoms with Crippen LogP contribution in [0.4, 0.5) is 11.5 Å². The minimum atomic E-state index is -0.228. The smallest absolute Gasteiger partial charge is 0.255 e. The van der Waals surface area contributed by atoms with Gasteiger partial charge in [0.15, 0.2) is 0 Å². The van der Waals surface area contributed by atoms with Gasteiger partial charge in [0.25, 0.3) is 5.91 Å². The van der Waals surface area contributed by atoms with Crippen LogP contribution in [0.25, 0.3) is 0 Å². The van der Waals surface area contributed by atoms with Crippen molar-refractivity contribution in [1.29, 1.82) is 5.26 Å². The number of nitrogens with zero attached hydrogens (tertiary/aromatic N) is 4. The van der Waals surface area contributed by atoms with E-state index in [-0.39, 0.29) is 11.9 Å². The topological polar surface area (TPSA) is 83.2 Å². The van der Waals surface area contributed by atoms with Crippen molar-refractivity contribution in [2.24, 2.45) is 7.05 Å². The lowest BCUT2D eigenvalue weighted by atomic mass is 10.0. The van der Waals surface area contributed by atoms with E-state index in [1.54, 1.807) is 36.7 Å². The number of para-hydroxylation sites is 1. The van der Waals surface area contributed by atoms with Crippen molar-refractivity contribution >= 4 is 17.4 Å². The third-order valence-corrected chi connectivity index (χ3v) is 6.20. The Balaban J connectivity index is 1.39. The van der Waals surface area contributed by atoms with Crippen LogP contribution in [0, 0.1) is 11.3 Å². The summed E-state index contributed by atoms with van der Waals surface area (Å²) in [5.41, 5.74) is 2.71. The zero-order chi connectivity index (χ0) is 24.2. The molecule has 1 aliphatic heterocycles. The van der Waals surface area contributed by atoms with Gasteiger partial charge >= 0.3 is 0 Å². The summed E-state index contributed by atoms with van der Waals surface area (Å²) >= 11 is 0. The molecule has 2 heterocycles. The molecule has 0 spiro atoms. The number of nitriles is 1. The molecule has 4 aromatic rings. The van der Waals surface area contributed by atoms with E-state index < -0.39 is 0 Å². The Morgan fingerprint density at radius 1 is 1.11 bits per heavy atom. The van der Waals surface area contributed by atoms with Crippen molar-refractivity contribution in [1.82, 2.24) is 9.55 Å². The number of benzene rings is 3. The number of hydrogen-bond donors (Lipinski definition) is 1. The quantitative estimate of drug-likeness (QED) is 0.398. The number of aromatic nitrogens is 2.